The van der Waals surface area contributed by atoms with Gasteiger partial charge in [0.15, 0.2) is 0 Å². The van der Waals surface area contributed by atoms with Crippen molar-refractivity contribution in [3.63, 3.8) is 0 Å². The number of hydrogen-bond acceptors (Lipinski definition) is 3. The largest absolute Gasteiger partial charge is 0.384 e. The van der Waals surface area contributed by atoms with E-state index < -0.39 is 0 Å². The molecule has 4 nitrogen and oxygen atoms in total. The number of nitrogens with zero attached hydrogens (tertiary/aromatic N) is 1. The van der Waals surface area contributed by atoms with Gasteiger partial charge in [-0.25, -0.2) is 4.68 Å². The second-order valence-electron chi connectivity index (χ2n) is 1.74. The molecule has 0 aromatic carbocycles. The molecule has 0 saturated heterocycles. The standard InChI is InChI=1S/C5H10N4/c1-8-9-4(6)2-3-5(9)7/h2-3,8H,6-7H2,1H3. The number of anilines is 2. The third kappa shape index (κ3) is 0.782. The molecule has 4 heteroatoms. The zero-order chi connectivity index (χ0) is 6.85. The number of nitrogens with two attached hydrogens (primary N) is 2. The van der Waals surface area contributed by atoms with Gasteiger partial charge in [0.2, 0.25) is 0 Å². The van der Waals surface area contributed by atoms with E-state index in [0.29, 0.717) is 11.6 Å². The Labute approximate surface area is 53.4 Å². The second kappa shape index (κ2) is 1.89. The lowest BCUT2D eigenvalue weighted by atomic mass is 10.6. The Morgan fingerprint density at radius 2 is 1.78 bits per heavy atom. The fourth-order valence-corrected chi connectivity index (χ4v) is 0.727. The molecule has 0 unspecified atom stereocenters. The first-order chi connectivity index (χ1) is 4.25. The number of aromatic nitrogens is 1. The van der Waals surface area contributed by atoms with Gasteiger partial charge in [-0.2, -0.15) is 0 Å². The van der Waals surface area contributed by atoms with Crippen molar-refractivity contribution in [2.75, 3.05) is 23.9 Å². The van der Waals surface area contributed by atoms with E-state index in [1.807, 2.05) is 0 Å². The van der Waals surface area contributed by atoms with Crippen molar-refractivity contribution < 1.29 is 0 Å². The summed E-state index contributed by atoms with van der Waals surface area (Å²) in [6.07, 6.45) is 0. The highest BCUT2D eigenvalue weighted by atomic mass is 15.4. The molecular weight excluding hydrogens is 116 g/mol. The molecule has 0 atom stereocenters. The third-order valence-electron chi connectivity index (χ3n) is 1.16. The van der Waals surface area contributed by atoms with E-state index in [4.69, 9.17) is 11.5 Å². The van der Waals surface area contributed by atoms with Gasteiger partial charge < -0.3 is 16.9 Å². The molecule has 9 heavy (non-hydrogen) atoms. The van der Waals surface area contributed by atoms with Crippen LogP contribution in [-0.2, 0) is 0 Å². The van der Waals surface area contributed by atoms with Crippen LogP contribution in [0.1, 0.15) is 0 Å². The fraction of sp³-hybridized carbons (Fsp3) is 0.200. The summed E-state index contributed by atoms with van der Waals surface area (Å²) in [6, 6.07) is 3.48. The van der Waals surface area contributed by atoms with E-state index in [0.717, 1.165) is 0 Å². The van der Waals surface area contributed by atoms with E-state index in [2.05, 4.69) is 5.43 Å². The molecular formula is C5H10N4. The Bertz CT molecular complexity index is 183. The van der Waals surface area contributed by atoms with Gasteiger partial charge in [0.25, 0.3) is 0 Å². The van der Waals surface area contributed by atoms with E-state index in [9.17, 15) is 0 Å². The quantitative estimate of drug-likeness (QED) is 0.489. The summed E-state index contributed by atoms with van der Waals surface area (Å²) in [6.45, 7) is 0. The highest BCUT2D eigenvalue weighted by Gasteiger charge is 1.96. The van der Waals surface area contributed by atoms with Gasteiger partial charge in [0, 0.05) is 7.05 Å². The minimum atomic E-state index is 0.620. The molecule has 0 aliphatic rings. The summed E-state index contributed by atoms with van der Waals surface area (Å²) in [5.41, 5.74) is 13.8. The zero-order valence-corrected chi connectivity index (χ0v) is 5.26. The van der Waals surface area contributed by atoms with Crippen LogP contribution >= 0.6 is 0 Å². The maximum atomic E-state index is 5.47. The molecule has 5 N–H and O–H groups in total. The SMILES string of the molecule is CNn1c(N)ccc1N. The van der Waals surface area contributed by atoms with Crippen molar-refractivity contribution in [2.24, 2.45) is 0 Å². The van der Waals surface area contributed by atoms with Crippen LogP contribution in [0.5, 0.6) is 0 Å². The van der Waals surface area contributed by atoms with Gasteiger partial charge in [-0.3, -0.25) is 0 Å². The van der Waals surface area contributed by atoms with Crippen LogP contribution in [0, 0.1) is 0 Å². The van der Waals surface area contributed by atoms with E-state index in [-0.39, 0.29) is 0 Å². The molecule has 0 fully saturated rings. The Morgan fingerprint density at radius 1 is 1.33 bits per heavy atom. The number of nitrogen functional groups attached to an aromatic ring is 2. The molecule has 0 bridgehead atoms. The third-order valence-corrected chi connectivity index (χ3v) is 1.16. The number of hydrogen-bond donors (Lipinski definition) is 3. The highest BCUT2D eigenvalue weighted by molar-refractivity contribution is 5.45. The van der Waals surface area contributed by atoms with Gasteiger partial charge in [-0.15, -0.1) is 0 Å². The average Bonchev–Trinajstić information content (AvgIpc) is 2.12. The Morgan fingerprint density at radius 3 is 2.00 bits per heavy atom. The zero-order valence-electron chi connectivity index (χ0n) is 5.26. The molecule has 1 aromatic rings. The summed E-state index contributed by atoms with van der Waals surface area (Å²) >= 11 is 0. The normalized spacial score (nSPS) is 9.44. The molecule has 0 radical (unpaired) electrons. The lowest BCUT2D eigenvalue weighted by molar-refractivity contribution is 0.963. The maximum absolute atomic E-state index is 5.47. The van der Waals surface area contributed by atoms with Crippen LogP contribution in [0.2, 0.25) is 0 Å². The smallest absolute Gasteiger partial charge is 0.124 e. The second-order valence-corrected chi connectivity index (χ2v) is 1.74. The van der Waals surface area contributed by atoms with E-state index >= 15 is 0 Å². The Balaban J connectivity index is 3.07. The van der Waals surface area contributed by atoms with Crippen molar-refractivity contribution in [2.45, 2.75) is 0 Å². The van der Waals surface area contributed by atoms with Gasteiger partial charge in [-0.05, 0) is 12.1 Å². The van der Waals surface area contributed by atoms with Crippen molar-refractivity contribution in [3.05, 3.63) is 12.1 Å². The van der Waals surface area contributed by atoms with E-state index in [1.54, 1.807) is 23.9 Å². The van der Waals surface area contributed by atoms with Crippen LogP contribution in [0.25, 0.3) is 0 Å². The van der Waals surface area contributed by atoms with Crippen LogP contribution < -0.4 is 16.9 Å². The summed E-state index contributed by atoms with van der Waals surface area (Å²) < 4.78 is 1.60. The van der Waals surface area contributed by atoms with Crippen LogP contribution in [-0.4, -0.2) is 11.7 Å². The van der Waals surface area contributed by atoms with Crippen LogP contribution in [0.4, 0.5) is 11.6 Å². The topological polar surface area (TPSA) is 69.0 Å². The first-order valence-corrected chi connectivity index (χ1v) is 2.66. The molecule has 1 rings (SSSR count). The Hall–Kier alpha value is -1.32. The first kappa shape index (κ1) is 5.81. The molecule has 0 aliphatic heterocycles. The monoisotopic (exact) mass is 126 g/mol. The minimum Gasteiger partial charge on any atom is -0.384 e. The van der Waals surface area contributed by atoms with Crippen molar-refractivity contribution in [3.8, 4) is 0 Å². The number of rotatable bonds is 1. The minimum absolute atomic E-state index is 0.620. The van der Waals surface area contributed by atoms with Crippen LogP contribution in [0.3, 0.4) is 0 Å². The summed E-state index contributed by atoms with van der Waals surface area (Å²) in [7, 11) is 1.76. The van der Waals surface area contributed by atoms with Crippen LogP contribution in [0.15, 0.2) is 12.1 Å². The lowest BCUT2D eigenvalue weighted by Crippen LogP contribution is -2.13. The van der Waals surface area contributed by atoms with Crippen molar-refractivity contribution in [1.29, 1.82) is 0 Å². The summed E-state index contributed by atoms with van der Waals surface area (Å²) in [5.74, 6) is 1.24. The van der Waals surface area contributed by atoms with Gasteiger partial charge in [0.1, 0.15) is 11.6 Å². The van der Waals surface area contributed by atoms with Gasteiger partial charge >= 0.3 is 0 Å². The van der Waals surface area contributed by atoms with Crippen molar-refractivity contribution >= 4 is 11.6 Å². The Kier molecular flexibility index (Phi) is 1.22. The first-order valence-electron chi connectivity index (χ1n) is 2.66. The summed E-state index contributed by atoms with van der Waals surface area (Å²) in [4.78, 5) is 0. The molecule has 50 valence electrons. The fourth-order valence-electron chi connectivity index (χ4n) is 0.727. The maximum Gasteiger partial charge on any atom is 0.124 e. The van der Waals surface area contributed by atoms with Gasteiger partial charge in [-0.1, -0.05) is 0 Å². The van der Waals surface area contributed by atoms with E-state index in [1.165, 1.54) is 0 Å². The van der Waals surface area contributed by atoms with Crippen molar-refractivity contribution in [1.82, 2.24) is 4.68 Å². The molecule has 1 heterocycles. The average molecular weight is 126 g/mol. The molecule has 0 aliphatic carbocycles. The molecule has 0 spiro atoms. The highest BCUT2D eigenvalue weighted by Crippen LogP contribution is 2.08. The summed E-state index contributed by atoms with van der Waals surface area (Å²) in [5, 5.41) is 0. The molecule has 0 amide bonds. The number of nitrogens with one attached hydrogen (secondary N) is 1. The molecule has 0 saturated carbocycles. The lowest BCUT2D eigenvalue weighted by Gasteiger charge is -2.04. The predicted octanol–water partition coefficient (Wildman–Crippen LogP) is -0.174. The predicted molar refractivity (Wildman–Crippen MR) is 38.5 cm³/mol. The van der Waals surface area contributed by atoms with Gasteiger partial charge in [0.05, 0.1) is 0 Å². The molecule has 1 aromatic heterocycles.